The molecule has 0 bridgehead atoms. The number of nitrogens with zero attached hydrogens (tertiary/aromatic N) is 1. The third kappa shape index (κ3) is 2.92. The van der Waals surface area contributed by atoms with Gasteiger partial charge in [-0.2, -0.15) is 0 Å². The smallest absolute Gasteiger partial charge is 0.338 e. The summed E-state index contributed by atoms with van der Waals surface area (Å²) in [6.45, 7) is 3.63. The molecule has 1 aromatic rings. The molecule has 5 heteroatoms. The number of methoxy groups -OCH3 is 1. The molecule has 1 aliphatic rings. The highest BCUT2D eigenvalue weighted by molar-refractivity contribution is 9.10. The molecule has 0 spiro atoms. The Labute approximate surface area is 121 Å². The Morgan fingerprint density at radius 3 is 2.89 bits per heavy atom. The second-order valence-corrected chi connectivity index (χ2v) is 5.97. The van der Waals surface area contributed by atoms with E-state index >= 15 is 0 Å². The monoisotopic (exact) mass is 327 g/mol. The molecular formula is C14H18BrNO3. The summed E-state index contributed by atoms with van der Waals surface area (Å²) in [5.74, 6) is -0.910. The van der Waals surface area contributed by atoms with Crippen molar-refractivity contribution in [3.05, 3.63) is 28.2 Å². The molecule has 104 valence electrons. The van der Waals surface area contributed by atoms with Gasteiger partial charge in [0.2, 0.25) is 0 Å². The van der Waals surface area contributed by atoms with Crippen LogP contribution < -0.4 is 4.90 Å². The number of carboxylic acid groups (broad SMARTS) is 1. The summed E-state index contributed by atoms with van der Waals surface area (Å²) in [5.41, 5.74) is 0.865. The van der Waals surface area contributed by atoms with Crippen molar-refractivity contribution in [3.63, 3.8) is 0 Å². The van der Waals surface area contributed by atoms with Crippen molar-refractivity contribution in [2.24, 2.45) is 0 Å². The van der Waals surface area contributed by atoms with E-state index in [0.717, 1.165) is 25.1 Å². The summed E-state index contributed by atoms with van der Waals surface area (Å²) in [4.78, 5) is 13.5. The van der Waals surface area contributed by atoms with Crippen LogP contribution in [0.15, 0.2) is 22.7 Å². The lowest BCUT2D eigenvalue weighted by atomic mass is 9.94. The Kier molecular flexibility index (Phi) is 4.16. The van der Waals surface area contributed by atoms with Gasteiger partial charge in [-0.15, -0.1) is 0 Å². The number of carbonyl (C=O) groups is 1. The van der Waals surface area contributed by atoms with Crippen molar-refractivity contribution in [2.75, 3.05) is 25.1 Å². The van der Waals surface area contributed by atoms with E-state index in [9.17, 15) is 9.90 Å². The molecule has 0 radical (unpaired) electrons. The zero-order chi connectivity index (χ0) is 14.0. The fraction of sp³-hybridized carbons (Fsp3) is 0.500. The number of anilines is 1. The fourth-order valence-corrected chi connectivity index (χ4v) is 3.09. The van der Waals surface area contributed by atoms with E-state index in [-0.39, 0.29) is 5.60 Å². The molecule has 0 amide bonds. The molecule has 1 aliphatic heterocycles. The third-order valence-electron chi connectivity index (χ3n) is 3.70. The molecule has 0 saturated carbocycles. The summed E-state index contributed by atoms with van der Waals surface area (Å²) in [6, 6.07) is 5.48. The summed E-state index contributed by atoms with van der Waals surface area (Å²) >= 11 is 3.32. The molecule has 1 atom stereocenters. The van der Waals surface area contributed by atoms with Gasteiger partial charge in [0.1, 0.15) is 0 Å². The maximum absolute atomic E-state index is 11.4. The minimum atomic E-state index is -0.910. The molecule has 1 aromatic carbocycles. The van der Waals surface area contributed by atoms with Gasteiger partial charge in [0.15, 0.2) is 0 Å². The summed E-state index contributed by atoms with van der Waals surface area (Å²) < 4.78 is 6.17. The van der Waals surface area contributed by atoms with Gasteiger partial charge in [0, 0.05) is 24.7 Å². The van der Waals surface area contributed by atoms with Crippen molar-refractivity contribution in [2.45, 2.75) is 25.4 Å². The molecule has 1 heterocycles. The number of ether oxygens (including phenoxy) is 1. The topological polar surface area (TPSA) is 49.8 Å². The van der Waals surface area contributed by atoms with Crippen LogP contribution in [0.3, 0.4) is 0 Å². The average molecular weight is 328 g/mol. The van der Waals surface area contributed by atoms with Crippen LogP contribution in [0.5, 0.6) is 0 Å². The highest BCUT2D eigenvalue weighted by Gasteiger charge is 2.32. The Morgan fingerprint density at radius 1 is 1.53 bits per heavy atom. The van der Waals surface area contributed by atoms with Gasteiger partial charge in [0.05, 0.1) is 16.9 Å². The van der Waals surface area contributed by atoms with E-state index < -0.39 is 5.97 Å². The number of piperidine rings is 1. The van der Waals surface area contributed by atoms with Crippen LogP contribution in [-0.4, -0.2) is 36.9 Å². The number of carboxylic acids is 1. The highest BCUT2D eigenvalue weighted by Crippen LogP contribution is 2.33. The van der Waals surface area contributed by atoms with Crippen molar-refractivity contribution >= 4 is 27.6 Å². The minimum Gasteiger partial charge on any atom is -0.478 e. The van der Waals surface area contributed by atoms with Crippen molar-refractivity contribution < 1.29 is 14.6 Å². The predicted octanol–water partition coefficient (Wildman–Crippen LogP) is 3.15. The molecule has 2 rings (SSSR count). The van der Waals surface area contributed by atoms with E-state index in [1.165, 1.54) is 0 Å². The average Bonchev–Trinajstić information content (AvgIpc) is 2.38. The van der Waals surface area contributed by atoms with Crippen molar-refractivity contribution in [1.29, 1.82) is 0 Å². The first kappa shape index (κ1) is 14.3. The largest absolute Gasteiger partial charge is 0.478 e. The Morgan fingerprint density at radius 2 is 2.26 bits per heavy atom. The zero-order valence-corrected chi connectivity index (χ0v) is 12.7. The van der Waals surface area contributed by atoms with Crippen LogP contribution >= 0.6 is 15.9 Å². The number of benzene rings is 1. The molecular weight excluding hydrogens is 310 g/mol. The normalized spacial score (nSPS) is 23.4. The number of halogens is 1. The summed E-state index contributed by atoms with van der Waals surface area (Å²) in [7, 11) is 1.71. The van der Waals surface area contributed by atoms with Crippen LogP contribution in [0.4, 0.5) is 5.69 Å². The van der Waals surface area contributed by atoms with Crippen LogP contribution in [0, 0.1) is 0 Å². The Hall–Kier alpha value is -1.07. The maximum Gasteiger partial charge on any atom is 0.338 e. The zero-order valence-electron chi connectivity index (χ0n) is 11.1. The molecule has 19 heavy (non-hydrogen) atoms. The number of aromatic carboxylic acids is 1. The number of hydrogen-bond donors (Lipinski definition) is 1. The van der Waals surface area contributed by atoms with Gasteiger partial charge >= 0.3 is 5.97 Å². The second kappa shape index (κ2) is 5.51. The molecule has 1 unspecified atom stereocenters. The standard InChI is InChI=1S/C14H18BrNO3/c1-14(19-2)7-4-8-16(9-14)11-6-3-5-10(15)12(11)13(17)18/h3,5-6H,4,7-9H2,1-2H3,(H,17,18). The minimum absolute atomic E-state index is 0.212. The molecule has 0 aliphatic carbocycles. The lowest BCUT2D eigenvalue weighted by molar-refractivity contribution is -0.00472. The second-order valence-electron chi connectivity index (χ2n) is 5.12. The number of hydrogen-bond acceptors (Lipinski definition) is 3. The first-order valence-electron chi connectivity index (χ1n) is 6.29. The van der Waals surface area contributed by atoms with Gasteiger partial charge < -0.3 is 14.7 Å². The SMILES string of the molecule is COC1(C)CCCN(c2cccc(Br)c2C(=O)O)C1. The van der Waals surface area contributed by atoms with E-state index in [4.69, 9.17) is 4.74 Å². The lowest BCUT2D eigenvalue weighted by Crippen LogP contribution is -2.47. The van der Waals surface area contributed by atoms with Crippen LogP contribution in [0.2, 0.25) is 0 Å². The van der Waals surface area contributed by atoms with Gasteiger partial charge in [-0.3, -0.25) is 0 Å². The Balaban J connectivity index is 2.37. The van der Waals surface area contributed by atoms with Crippen molar-refractivity contribution in [1.82, 2.24) is 0 Å². The predicted molar refractivity (Wildman–Crippen MR) is 78.0 cm³/mol. The third-order valence-corrected chi connectivity index (χ3v) is 4.36. The van der Waals surface area contributed by atoms with E-state index in [1.54, 1.807) is 13.2 Å². The van der Waals surface area contributed by atoms with Crippen LogP contribution in [0.25, 0.3) is 0 Å². The number of rotatable bonds is 3. The van der Waals surface area contributed by atoms with Crippen LogP contribution in [0.1, 0.15) is 30.1 Å². The maximum atomic E-state index is 11.4. The van der Waals surface area contributed by atoms with Gasteiger partial charge in [-0.25, -0.2) is 4.79 Å². The Bertz CT molecular complexity index is 492. The fourth-order valence-electron chi connectivity index (χ4n) is 2.57. The van der Waals surface area contributed by atoms with Gasteiger partial charge in [-0.1, -0.05) is 6.07 Å². The summed E-state index contributed by atoms with van der Waals surface area (Å²) in [5, 5.41) is 9.38. The van der Waals surface area contributed by atoms with E-state index in [1.807, 2.05) is 12.1 Å². The summed E-state index contributed by atoms with van der Waals surface area (Å²) in [6.07, 6.45) is 1.99. The molecule has 1 saturated heterocycles. The first-order valence-corrected chi connectivity index (χ1v) is 7.08. The van der Waals surface area contributed by atoms with Crippen molar-refractivity contribution in [3.8, 4) is 0 Å². The van der Waals surface area contributed by atoms with E-state index in [0.29, 0.717) is 16.6 Å². The van der Waals surface area contributed by atoms with E-state index in [2.05, 4.69) is 27.8 Å². The first-order chi connectivity index (χ1) is 8.97. The van der Waals surface area contributed by atoms with Crippen LogP contribution in [-0.2, 0) is 4.74 Å². The quantitative estimate of drug-likeness (QED) is 0.926. The molecule has 0 aromatic heterocycles. The van der Waals surface area contributed by atoms with Gasteiger partial charge in [0.25, 0.3) is 0 Å². The molecule has 1 N–H and O–H groups in total. The molecule has 1 fully saturated rings. The molecule has 4 nitrogen and oxygen atoms in total. The lowest BCUT2D eigenvalue weighted by Gasteiger charge is -2.41. The highest BCUT2D eigenvalue weighted by atomic mass is 79.9. The van der Waals surface area contributed by atoms with Gasteiger partial charge in [-0.05, 0) is 47.8 Å².